The third-order valence-corrected chi connectivity index (χ3v) is 3.80. The van der Waals surface area contributed by atoms with Crippen LogP contribution in [0.25, 0.3) is 0 Å². The highest BCUT2D eigenvalue weighted by Gasteiger charge is 2.28. The number of anilines is 2. The van der Waals surface area contributed by atoms with Gasteiger partial charge < -0.3 is 15.3 Å². The average molecular weight is 278 g/mol. The molecular formula is C15H26N4O. The molecule has 0 unspecified atom stereocenters. The standard InChI is InChI=1S/C15H26N4O/c1-4-8-16-13-11-14(18-12(5-2)17-13)19-9-6-15(3,20)7-10-19/h11,20H,4-10H2,1-3H3,(H,16,17,18). The fourth-order valence-electron chi connectivity index (χ4n) is 2.36. The van der Waals surface area contributed by atoms with Gasteiger partial charge in [0.2, 0.25) is 0 Å². The van der Waals surface area contributed by atoms with E-state index in [0.717, 1.165) is 62.8 Å². The van der Waals surface area contributed by atoms with Gasteiger partial charge in [0.05, 0.1) is 5.60 Å². The molecule has 0 aliphatic carbocycles. The van der Waals surface area contributed by atoms with Crippen LogP contribution in [0.3, 0.4) is 0 Å². The molecule has 1 aliphatic rings. The number of aliphatic hydroxyl groups is 1. The Labute approximate surface area is 121 Å². The van der Waals surface area contributed by atoms with Crippen molar-refractivity contribution in [2.24, 2.45) is 0 Å². The fraction of sp³-hybridized carbons (Fsp3) is 0.733. The first-order valence-electron chi connectivity index (χ1n) is 7.63. The zero-order valence-corrected chi connectivity index (χ0v) is 12.8. The van der Waals surface area contributed by atoms with Crippen LogP contribution in [0.1, 0.15) is 45.9 Å². The fourth-order valence-corrected chi connectivity index (χ4v) is 2.36. The van der Waals surface area contributed by atoms with Crippen molar-refractivity contribution >= 4 is 11.6 Å². The van der Waals surface area contributed by atoms with E-state index in [9.17, 15) is 5.11 Å². The van der Waals surface area contributed by atoms with E-state index < -0.39 is 5.60 Å². The van der Waals surface area contributed by atoms with Gasteiger partial charge in [-0.2, -0.15) is 0 Å². The van der Waals surface area contributed by atoms with E-state index in [1.54, 1.807) is 0 Å². The van der Waals surface area contributed by atoms with Crippen LogP contribution in [0, 0.1) is 0 Å². The van der Waals surface area contributed by atoms with Crippen LogP contribution in [0.4, 0.5) is 11.6 Å². The summed E-state index contributed by atoms with van der Waals surface area (Å²) in [5.74, 6) is 2.76. The predicted octanol–water partition coefficient (Wildman–Crippen LogP) is 2.21. The topological polar surface area (TPSA) is 61.3 Å². The van der Waals surface area contributed by atoms with Gasteiger partial charge in [-0.1, -0.05) is 13.8 Å². The van der Waals surface area contributed by atoms with Gasteiger partial charge in [0.15, 0.2) is 0 Å². The molecule has 0 spiro atoms. The smallest absolute Gasteiger partial charge is 0.134 e. The summed E-state index contributed by atoms with van der Waals surface area (Å²) in [5.41, 5.74) is -0.527. The lowest BCUT2D eigenvalue weighted by Gasteiger charge is -2.36. The molecule has 1 saturated heterocycles. The van der Waals surface area contributed by atoms with Crippen LogP contribution in [0.15, 0.2) is 6.07 Å². The molecule has 2 heterocycles. The minimum Gasteiger partial charge on any atom is -0.390 e. The van der Waals surface area contributed by atoms with E-state index in [2.05, 4.69) is 34.0 Å². The van der Waals surface area contributed by atoms with Crippen LogP contribution in [-0.4, -0.2) is 40.3 Å². The van der Waals surface area contributed by atoms with Gasteiger partial charge >= 0.3 is 0 Å². The van der Waals surface area contributed by atoms with Gasteiger partial charge in [0.1, 0.15) is 17.5 Å². The second kappa shape index (κ2) is 6.39. The van der Waals surface area contributed by atoms with Gasteiger partial charge in [-0.15, -0.1) is 0 Å². The lowest BCUT2D eigenvalue weighted by Crippen LogP contribution is -2.42. The molecule has 0 bridgehead atoms. The van der Waals surface area contributed by atoms with Crippen molar-refractivity contribution in [1.29, 1.82) is 0 Å². The van der Waals surface area contributed by atoms with Gasteiger partial charge in [-0.3, -0.25) is 0 Å². The first-order chi connectivity index (χ1) is 9.54. The SMILES string of the molecule is CCCNc1cc(N2CCC(C)(O)CC2)nc(CC)n1. The summed E-state index contributed by atoms with van der Waals surface area (Å²) in [4.78, 5) is 11.4. The van der Waals surface area contributed by atoms with Crippen LogP contribution in [0.2, 0.25) is 0 Å². The Morgan fingerprint density at radius 1 is 1.30 bits per heavy atom. The van der Waals surface area contributed by atoms with Crippen molar-refractivity contribution in [1.82, 2.24) is 9.97 Å². The third-order valence-electron chi connectivity index (χ3n) is 3.80. The second-order valence-electron chi connectivity index (χ2n) is 5.79. The summed E-state index contributed by atoms with van der Waals surface area (Å²) >= 11 is 0. The molecule has 0 radical (unpaired) electrons. The average Bonchev–Trinajstić information content (AvgIpc) is 2.44. The quantitative estimate of drug-likeness (QED) is 0.864. The highest BCUT2D eigenvalue weighted by molar-refractivity contribution is 5.49. The molecule has 5 heteroatoms. The summed E-state index contributed by atoms with van der Waals surface area (Å²) in [5, 5.41) is 13.4. The molecule has 1 aliphatic heterocycles. The molecule has 2 rings (SSSR count). The molecule has 0 amide bonds. The monoisotopic (exact) mass is 278 g/mol. The Balaban J connectivity index is 2.14. The van der Waals surface area contributed by atoms with Crippen LogP contribution in [0.5, 0.6) is 0 Å². The van der Waals surface area contributed by atoms with E-state index in [1.165, 1.54) is 0 Å². The van der Waals surface area contributed by atoms with Crippen LogP contribution >= 0.6 is 0 Å². The number of aromatic nitrogens is 2. The number of aryl methyl sites for hydroxylation is 1. The summed E-state index contributed by atoms with van der Waals surface area (Å²) in [6, 6.07) is 2.02. The first kappa shape index (κ1) is 15.0. The van der Waals surface area contributed by atoms with Gasteiger partial charge in [-0.25, -0.2) is 9.97 Å². The molecule has 20 heavy (non-hydrogen) atoms. The summed E-state index contributed by atoms with van der Waals surface area (Å²) in [6.07, 6.45) is 3.49. The minimum absolute atomic E-state index is 0.527. The Morgan fingerprint density at radius 3 is 2.60 bits per heavy atom. The molecular weight excluding hydrogens is 252 g/mol. The lowest BCUT2D eigenvalue weighted by atomic mass is 9.94. The molecule has 1 aromatic heterocycles. The summed E-state index contributed by atoms with van der Waals surface area (Å²) in [7, 11) is 0. The highest BCUT2D eigenvalue weighted by Crippen LogP contribution is 2.26. The van der Waals surface area contributed by atoms with E-state index in [4.69, 9.17) is 0 Å². The van der Waals surface area contributed by atoms with E-state index in [0.29, 0.717) is 0 Å². The van der Waals surface area contributed by atoms with Crippen molar-refractivity contribution in [2.45, 2.75) is 52.1 Å². The van der Waals surface area contributed by atoms with Gasteiger partial charge in [0, 0.05) is 32.1 Å². The zero-order chi connectivity index (χ0) is 14.6. The van der Waals surface area contributed by atoms with E-state index in [-0.39, 0.29) is 0 Å². The maximum atomic E-state index is 10.0. The molecule has 2 N–H and O–H groups in total. The largest absolute Gasteiger partial charge is 0.390 e. The second-order valence-corrected chi connectivity index (χ2v) is 5.79. The summed E-state index contributed by atoms with van der Waals surface area (Å²) < 4.78 is 0. The van der Waals surface area contributed by atoms with Crippen LogP contribution < -0.4 is 10.2 Å². The van der Waals surface area contributed by atoms with Crippen LogP contribution in [-0.2, 0) is 6.42 Å². The maximum Gasteiger partial charge on any atom is 0.134 e. The molecule has 0 atom stereocenters. The maximum absolute atomic E-state index is 10.0. The Morgan fingerprint density at radius 2 is 2.00 bits per heavy atom. The minimum atomic E-state index is -0.527. The van der Waals surface area contributed by atoms with E-state index in [1.807, 2.05) is 13.0 Å². The normalized spacial score (nSPS) is 18.1. The van der Waals surface area contributed by atoms with E-state index >= 15 is 0 Å². The van der Waals surface area contributed by atoms with Crippen molar-refractivity contribution in [3.63, 3.8) is 0 Å². The number of piperidine rings is 1. The molecule has 0 saturated carbocycles. The molecule has 1 fully saturated rings. The molecule has 112 valence electrons. The van der Waals surface area contributed by atoms with Crippen molar-refractivity contribution in [2.75, 3.05) is 29.9 Å². The molecule has 1 aromatic rings. The number of nitrogens with one attached hydrogen (secondary N) is 1. The molecule has 5 nitrogen and oxygen atoms in total. The zero-order valence-electron chi connectivity index (χ0n) is 12.8. The van der Waals surface area contributed by atoms with Crippen molar-refractivity contribution < 1.29 is 5.11 Å². The van der Waals surface area contributed by atoms with Crippen molar-refractivity contribution in [3.8, 4) is 0 Å². The Hall–Kier alpha value is -1.36. The summed E-state index contributed by atoms with van der Waals surface area (Å²) in [6.45, 7) is 8.75. The third kappa shape index (κ3) is 3.82. The number of nitrogens with zero attached hydrogens (tertiary/aromatic N) is 3. The molecule has 0 aromatic carbocycles. The Bertz CT molecular complexity index is 437. The number of hydrogen-bond acceptors (Lipinski definition) is 5. The van der Waals surface area contributed by atoms with Gasteiger partial charge in [-0.05, 0) is 26.2 Å². The Kier molecular flexibility index (Phi) is 4.81. The van der Waals surface area contributed by atoms with Gasteiger partial charge in [0.25, 0.3) is 0 Å². The first-order valence-corrected chi connectivity index (χ1v) is 7.63. The predicted molar refractivity (Wildman–Crippen MR) is 82.3 cm³/mol. The highest BCUT2D eigenvalue weighted by atomic mass is 16.3. The lowest BCUT2D eigenvalue weighted by molar-refractivity contribution is 0.0350. The van der Waals surface area contributed by atoms with Crippen molar-refractivity contribution in [3.05, 3.63) is 11.9 Å². The number of rotatable bonds is 5. The number of hydrogen-bond donors (Lipinski definition) is 2.